The minimum absolute atomic E-state index is 0. The number of para-hydroxylation sites is 1. The van der Waals surface area contributed by atoms with Gasteiger partial charge >= 0.3 is 0 Å². The highest BCUT2D eigenvalue weighted by molar-refractivity contribution is 5.86. The van der Waals surface area contributed by atoms with E-state index in [2.05, 4.69) is 29.2 Å². The second-order valence-corrected chi connectivity index (χ2v) is 7.46. The van der Waals surface area contributed by atoms with Crippen molar-refractivity contribution in [3.05, 3.63) is 60.8 Å². The number of rotatable bonds is 5. The molecule has 31 heavy (non-hydrogen) atoms. The van der Waals surface area contributed by atoms with Gasteiger partial charge in [-0.2, -0.15) is 0 Å². The van der Waals surface area contributed by atoms with E-state index in [-0.39, 0.29) is 42.9 Å². The van der Waals surface area contributed by atoms with Gasteiger partial charge in [-0.25, -0.2) is 0 Å². The molecule has 0 unspecified atom stereocenters. The van der Waals surface area contributed by atoms with Crippen LogP contribution in [0.5, 0.6) is 5.75 Å². The SMILES string of the molecule is CO[C@@H](C)C(=O)N1CCC(Oc2ccc(-c3cnc4ccccc4c3)cc2)CC1.Cl.Cl. The maximum absolute atomic E-state index is 12.2. The van der Waals surface area contributed by atoms with Crippen molar-refractivity contribution in [2.45, 2.75) is 32.0 Å². The van der Waals surface area contributed by atoms with Crippen LogP contribution in [-0.2, 0) is 9.53 Å². The van der Waals surface area contributed by atoms with Crippen molar-refractivity contribution >= 4 is 41.6 Å². The highest BCUT2D eigenvalue weighted by Gasteiger charge is 2.26. The maximum Gasteiger partial charge on any atom is 0.251 e. The standard InChI is InChI=1S/C24H26N2O3.2ClH/c1-17(28-2)24(27)26-13-11-22(12-14-26)29-21-9-7-18(8-10-21)20-15-19-5-3-4-6-23(19)25-16-20;;/h3-10,15-17,22H,11-14H2,1-2H3;2*1H/t17-;;/m0../s1. The number of likely N-dealkylation sites (tertiary alicyclic amines) is 1. The number of aromatic nitrogens is 1. The largest absolute Gasteiger partial charge is 0.490 e. The van der Waals surface area contributed by atoms with Gasteiger partial charge in [0.05, 0.1) is 5.52 Å². The van der Waals surface area contributed by atoms with Gasteiger partial charge in [-0.3, -0.25) is 9.78 Å². The molecule has 0 saturated carbocycles. The van der Waals surface area contributed by atoms with E-state index in [1.165, 1.54) is 0 Å². The molecule has 1 aliphatic heterocycles. The van der Waals surface area contributed by atoms with Crippen molar-refractivity contribution in [3.63, 3.8) is 0 Å². The van der Waals surface area contributed by atoms with Crippen molar-refractivity contribution in [1.82, 2.24) is 9.88 Å². The summed E-state index contributed by atoms with van der Waals surface area (Å²) in [5.74, 6) is 0.914. The number of amides is 1. The first-order valence-corrected chi connectivity index (χ1v) is 10.1. The second-order valence-electron chi connectivity index (χ2n) is 7.46. The van der Waals surface area contributed by atoms with Crippen LogP contribution in [0.3, 0.4) is 0 Å². The normalized spacial score (nSPS) is 15.0. The van der Waals surface area contributed by atoms with Gasteiger partial charge in [0.1, 0.15) is 18.0 Å². The maximum atomic E-state index is 12.2. The smallest absolute Gasteiger partial charge is 0.251 e. The minimum atomic E-state index is -0.385. The fourth-order valence-corrected chi connectivity index (χ4v) is 3.70. The summed E-state index contributed by atoms with van der Waals surface area (Å²) in [6, 6.07) is 18.4. The fraction of sp³-hybridized carbons (Fsp3) is 0.333. The van der Waals surface area contributed by atoms with E-state index < -0.39 is 0 Å². The Morgan fingerprint density at radius 2 is 1.71 bits per heavy atom. The lowest BCUT2D eigenvalue weighted by Crippen LogP contribution is -2.45. The summed E-state index contributed by atoms with van der Waals surface area (Å²) in [6.07, 6.45) is 3.32. The molecule has 0 N–H and O–H groups in total. The van der Waals surface area contributed by atoms with Gasteiger partial charge in [0.2, 0.25) is 0 Å². The molecule has 0 bridgehead atoms. The highest BCUT2D eigenvalue weighted by atomic mass is 35.5. The number of carbonyl (C=O) groups is 1. The Labute approximate surface area is 195 Å². The molecule has 1 atom stereocenters. The third-order valence-electron chi connectivity index (χ3n) is 5.54. The number of fused-ring (bicyclic) bond motifs is 1. The molecule has 4 rings (SSSR count). The predicted molar refractivity (Wildman–Crippen MR) is 128 cm³/mol. The topological polar surface area (TPSA) is 51.7 Å². The number of nitrogens with zero attached hydrogens (tertiary/aromatic N) is 2. The Morgan fingerprint density at radius 1 is 1.03 bits per heavy atom. The molecule has 0 spiro atoms. The summed E-state index contributed by atoms with van der Waals surface area (Å²) in [7, 11) is 1.57. The van der Waals surface area contributed by atoms with Gasteiger partial charge in [0, 0.05) is 50.2 Å². The molecule has 2 aromatic carbocycles. The third-order valence-corrected chi connectivity index (χ3v) is 5.54. The van der Waals surface area contributed by atoms with Crippen molar-refractivity contribution in [1.29, 1.82) is 0 Å². The van der Waals surface area contributed by atoms with Crippen molar-refractivity contribution < 1.29 is 14.3 Å². The molecule has 3 aromatic rings. The lowest BCUT2D eigenvalue weighted by molar-refractivity contribution is -0.142. The first-order valence-electron chi connectivity index (χ1n) is 10.1. The van der Waals surface area contributed by atoms with E-state index in [1.807, 2.05) is 41.4 Å². The molecule has 1 aromatic heterocycles. The second kappa shape index (κ2) is 11.3. The molecule has 0 aliphatic carbocycles. The van der Waals surface area contributed by atoms with Crippen LogP contribution in [0.25, 0.3) is 22.0 Å². The summed E-state index contributed by atoms with van der Waals surface area (Å²) in [5.41, 5.74) is 3.21. The van der Waals surface area contributed by atoms with E-state index in [0.29, 0.717) is 13.1 Å². The molecular weight excluding hydrogens is 435 g/mol. The molecular formula is C24H28Cl2N2O3. The number of pyridine rings is 1. The molecule has 2 heterocycles. The van der Waals surface area contributed by atoms with E-state index >= 15 is 0 Å². The van der Waals surface area contributed by atoms with Crippen LogP contribution in [0.1, 0.15) is 19.8 Å². The van der Waals surface area contributed by atoms with Crippen LogP contribution in [0.2, 0.25) is 0 Å². The number of ether oxygens (including phenoxy) is 2. The van der Waals surface area contributed by atoms with Gasteiger partial charge in [-0.15, -0.1) is 24.8 Å². The average molecular weight is 463 g/mol. The number of methoxy groups -OCH3 is 1. The first-order chi connectivity index (χ1) is 14.1. The van der Waals surface area contributed by atoms with E-state index in [9.17, 15) is 4.79 Å². The molecule has 1 fully saturated rings. The Bertz CT molecular complexity index is 990. The average Bonchev–Trinajstić information content (AvgIpc) is 2.79. The Morgan fingerprint density at radius 3 is 2.39 bits per heavy atom. The van der Waals surface area contributed by atoms with Gasteiger partial charge in [0.15, 0.2) is 0 Å². The molecule has 1 amide bonds. The van der Waals surface area contributed by atoms with E-state index in [0.717, 1.165) is 40.6 Å². The number of hydrogen-bond acceptors (Lipinski definition) is 4. The van der Waals surface area contributed by atoms with Crippen molar-refractivity contribution in [3.8, 4) is 16.9 Å². The monoisotopic (exact) mass is 462 g/mol. The lowest BCUT2D eigenvalue weighted by atomic mass is 10.0. The van der Waals surface area contributed by atoms with Crippen molar-refractivity contribution in [2.24, 2.45) is 0 Å². The summed E-state index contributed by atoms with van der Waals surface area (Å²) in [5, 5.41) is 1.13. The molecule has 1 aliphatic rings. The minimum Gasteiger partial charge on any atom is -0.490 e. The van der Waals surface area contributed by atoms with Crippen LogP contribution in [-0.4, -0.2) is 48.2 Å². The Balaban J connectivity index is 0.00000171. The molecule has 7 heteroatoms. The predicted octanol–water partition coefficient (Wildman–Crippen LogP) is 5.15. The lowest BCUT2D eigenvalue weighted by Gasteiger charge is -2.33. The quantitative estimate of drug-likeness (QED) is 0.525. The van der Waals surface area contributed by atoms with Gasteiger partial charge in [0.25, 0.3) is 5.91 Å². The molecule has 5 nitrogen and oxygen atoms in total. The number of halogens is 2. The number of piperidine rings is 1. The van der Waals surface area contributed by atoms with Crippen LogP contribution in [0.15, 0.2) is 60.8 Å². The van der Waals surface area contributed by atoms with E-state index in [1.54, 1.807) is 14.0 Å². The van der Waals surface area contributed by atoms with Crippen LogP contribution >= 0.6 is 24.8 Å². The fourth-order valence-electron chi connectivity index (χ4n) is 3.70. The zero-order chi connectivity index (χ0) is 20.2. The van der Waals surface area contributed by atoms with Crippen LogP contribution in [0, 0.1) is 0 Å². The van der Waals surface area contributed by atoms with E-state index in [4.69, 9.17) is 9.47 Å². The number of carbonyl (C=O) groups excluding carboxylic acids is 1. The molecule has 166 valence electrons. The zero-order valence-corrected chi connectivity index (χ0v) is 19.3. The number of benzene rings is 2. The summed E-state index contributed by atoms with van der Waals surface area (Å²) in [6.45, 7) is 3.20. The van der Waals surface area contributed by atoms with Crippen molar-refractivity contribution in [2.75, 3.05) is 20.2 Å². The Hall–Kier alpha value is -2.34. The third kappa shape index (κ3) is 5.88. The molecule has 1 saturated heterocycles. The summed E-state index contributed by atoms with van der Waals surface area (Å²) >= 11 is 0. The van der Waals surface area contributed by atoms with Gasteiger partial charge in [-0.05, 0) is 36.8 Å². The highest BCUT2D eigenvalue weighted by Crippen LogP contribution is 2.26. The van der Waals surface area contributed by atoms with Gasteiger partial charge in [-0.1, -0.05) is 30.3 Å². The number of hydrogen-bond donors (Lipinski definition) is 0. The summed E-state index contributed by atoms with van der Waals surface area (Å²) in [4.78, 5) is 18.6. The van der Waals surface area contributed by atoms with Crippen LogP contribution < -0.4 is 4.74 Å². The first kappa shape index (κ1) is 24.9. The van der Waals surface area contributed by atoms with Crippen LogP contribution in [0.4, 0.5) is 0 Å². The molecule has 0 radical (unpaired) electrons. The zero-order valence-electron chi connectivity index (χ0n) is 17.7. The Kier molecular flexibility index (Phi) is 9.11. The summed E-state index contributed by atoms with van der Waals surface area (Å²) < 4.78 is 11.3. The van der Waals surface area contributed by atoms with Gasteiger partial charge < -0.3 is 14.4 Å².